The molecule has 40 heavy (non-hydrogen) atoms. The van der Waals surface area contributed by atoms with Gasteiger partial charge in [0.1, 0.15) is 5.82 Å². The second-order valence-electron chi connectivity index (χ2n) is 11.1. The van der Waals surface area contributed by atoms with Crippen LogP contribution in [0.1, 0.15) is 59.5 Å². The van der Waals surface area contributed by atoms with Crippen molar-refractivity contribution in [2.75, 3.05) is 0 Å². The van der Waals surface area contributed by atoms with Crippen LogP contribution < -0.4 is 5.32 Å². The van der Waals surface area contributed by atoms with Crippen molar-refractivity contribution >= 4 is 34.5 Å². The van der Waals surface area contributed by atoms with Gasteiger partial charge in [0.25, 0.3) is 5.91 Å². The fraction of sp³-hybridized carbons (Fsp3) is 0.182. The van der Waals surface area contributed by atoms with Gasteiger partial charge in [-0.2, -0.15) is 0 Å². The third-order valence-corrected chi connectivity index (χ3v) is 6.99. The highest BCUT2D eigenvalue weighted by Gasteiger charge is 2.24. The Bertz CT molecular complexity index is 1670. The van der Waals surface area contributed by atoms with Crippen molar-refractivity contribution in [1.29, 1.82) is 0 Å². The average Bonchev–Trinajstić information content (AvgIpc) is 3.36. The number of aromatic nitrogens is 2. The number of carbonyl (C=O) groups excluding carboxylic acids is 1. The lowest BCUT2D eigenvalue weighted by molar-refractivity contribution is 0.0697. The maximum Gasteiger partial charge on any atom is 0.336 e. The van der Waals surface area contributed by atoms with Crippen LogP contribution in [0.3, 0.4) is 0 Å². The van der Waals surface area contributed by atoms with E-state index in [1.165, 1.54) is 6.07 Å². The Labute approximate surface area is 238 Å². The summed E-state index contributed by atoms with van der Waals surface area (Å²) in [5.74, 6) is -0.885. The van der Waals surface area contributed by atoms with E-state index in [1.807, 2.05) is 60.7 Å². The van der Waals surface area contributed by atoms with Gasteiger partial charge in [0, 0.05) is 16.1 Å². The molecule has 0 bridgehead atoms. The summed E-state index contributed by atoms with van der Waals surface area (Å²) >= 11 is 6.37. The number of carboxylic acid groups (broad SMARTS) is 1. The van der Waals surface area contributed by atoms with Crippen molar-refractivity contribution in [1.82, 2.24) is 15.3 Å². The van der Waals surface area contributed by atoms with Crippen molar-refractivity contribution in [2.45, 2.75) is 33.2 Å². The van der Waals surface area contributed by atoms with E-state index >= 15 is 0 Å². The number of fused-ring (bicyclic) bond motifs is 1. The third kappa shape index (κ3) is 5.92. The van der Waals surface area contributed by atoms with E-state index in [-0.39, 0.29) is 28.5 Å². The Hall–Kier alpha value is -4.42. The number of aromatic amines is 1. The molecular weight excluding hydrogens is 522 g/mol. The van der Waals surface area contributed by atoms with Gasteiger partial charge in [0.15, 0.2) is 0 Å². The molecule has 0 aliphatic heterocycles. The van der Waals surface area contributed by atoms with Crippen LogP contribution in [0.4, 0.5) is 0 Å². The summed E-state index contributed by atoms with van der Waals surface area (Å²) < 4.78 is 0. The standard InChI is InChI=1S/C33H30ClN3O3/c1-33(2,3)19-29(20-9-5-4-6-10-20)37-31(38)21-13-15-23(26(17-21)32(39)40)25-18-22(34)14-16-24(25)30-35-27-11-7-8-12-28(27)36-30/h4-18,29H,19H2,1-3H3,(H,35,36)(H,37,38)(H,39,40). The van der Waals surface area contributed by atoms with Crippen molar-refractivity contribution < 1.29 is 14.7 Å². The molecule has 0 saturated heterocycles. The molecule has 7 heteroatoms. The first-order valence-corrected chi connectivity index (χ1v) is 13.4. The van der Waals surface area contributed by atoms with Gasteiger partial charge in [-0.15, -0.1) is 0 Å². The highest BCUT2D eigenvalue weighted by Crippen LogP contribution is 2.36. The highest BCUT2D eigenvalue weighted by atomic mass is 35.5. The molecule has 0 aliphatic carbocycles. The predicted octanol–water partition coefficient (Wildman–Crippen LogP) is 8.16. The van der Waals surface area contributed by atoms with E-state index in [2.05, 4.69) is 31.1 Å². The van der Waals surface area contributed by atoms with E-state index in [0.717, 1.165) is 23.0 Å². The van der Waals surface area contributed by atoms with Gasteiger partial charge >= 0.3 is 5.97 Å². The average molecular weight is 552 g/mol. The molecule has 0 radical (unpaired) electrons. The molecule has 202 valence electrons. The zero-order valence-corrected chi connectivity index (χ0v) is 23.3. The number of halogens is 1. The van der Waals surface area contributed by atoms with Crippen LogP contribution in [0.15, 0.2) is 91.0 Å². The van der Waals surface area contributed by atoms with Gasteiger partial charge in [-0.25, -0.2) is 9.78 Å². The summed E-state index contributed by atoms with van der Waals surface area (Å²) in [6.45, 7) is 6.37. The number of imidazole rings is 1. The first kappa shape index (κ1) is 27.2. The molecule has 1 aromatic heterocycles. The van der Waals surface area contributed by atoms with Crippen LogP contribution in [-0.2, 0) is 0 Å². The number of carboxylic acids is 1. The fourth-order valence-corrected chi connectivity index (χ4v) is 5.09. The smallest absolute Gasteiger partial charge is 0.336 e. The second-order valence-corrected chi connectivity index (χ2v) is 11.5. The number of nitrogens with one attached hydrogen (secondary N) is 2. The van der Waals surface area contributed by atoms with Gasteiger partial charge in [-0.1, -0.05) is 80.9 Å². The molecule has 6 nitrogen and oxygen atoms in total. The quantitative estimate of drug-likeness (QED) is 0.190. The summed E-state index contributed by atoms with van der Waals surface area (Å²) in [4.78, 5) is 33.9. The van der Waals surface area contributed by atoms with Gasteiger partial charge in [-0.3, -0.25) is 4.79 Å². The zero-order valence-electron chi connectivity index (χ0n) is 22.5. The van der Waals surface area contributed by atoms with E-state index in [9.17, 15) is 14.7 Å². The van der Waals surface area contributed by atoms with Crippen LogP contribution in [0.2, 0.25) is 5.02 Å². The van der Waals surface area contributed by atoms with Crippen LogP contribution in [-0.4, -0.2) is 27.0 Å². The molecule has 5 rings (SSSR count). The highest BCUT2D eigenvalue weighted by molar-refractivity contribution is 6.31. The first-order chi connectivity index (χ1) is 19.1. The Morgan fingerprint density at radius 2 is 1.60 bits per heavy atom. The number of rotatable bonds is 7. The first-order valence-electron chi connectivity index (χ1n) is 13.1. The lowest BCUT2D eigenvalue weighted by Gasteiger charge is -2.27. The lowest BCUT2D eigenvalue weighted by Crippen LogP contribution is -2.31. The van der Waals surface area contributed by atoms with Gasteiger partial charge < -0.3 is 15.4 Å². The molecule has 0 fully saturated rings. The maximum absolute atomic E-state index is 13.4. The largest absolute Gasteiger partial charge is 0.478 e. The van der Waals surface area contributed by atoms with Gasteiger partial charge in [0.05, 0.1) is 22.6 Å². The van der Waals surface area contributed by atoms with Crippen LogP contribution in [0.25, 0.3) is 33.5 Å². The maximum atomic E-state index is 13.4. The number of hydrogen-bond acceptors (Lipinski definition) is 3. The minimum absolute atomic E-state index is 0.000592. The number of H-pyrrole nitrogens is 1. The third-order valence-electron chi connectivity index (χ3n) is 6.75. The molecule has 1 heterocycles. The molecule has 5 aromatic rings. The number of aromatic carboxylic acids is 1. The number of para-hydroxylation sites is 2. The minimum Gasteiger partial charge on any atom is -0.478 e. The minimum atomic E-state index is -1.14. The van der Waals surface area contributed by atoms with Crippen molar-refractivity contribution in [3.05, 3.63) is 113 Å². The van der Waals surface area contributed by atoms with Crippen LogP contribution in [0.5, 0.6) is 0 Å². The normalized spacial score (nSPS) is 12.3. The number of hydrogen-bond donors (Lipinski definition) is 3. The van der Waals surface area contributed by atoms with Crippen molar-refractivity contribution in [3.8, 4) is 22.5 Å². The molecule has 0 saturated carbocycles. The van der Waals surface area contributed by atoms with Gasteiger partial charge in [0.2, 0.25) is 0 Å². The summed E-state index contributed by atoms with van der Waals surface area (Å²) in [6, 6.07) is 27.3. The Balaban J connectivity index is 1.54. The zero-order chi connectivity index (χ0) is 28.4. The second kappa shape index (κ2) is 11.0. The summed E-state index contributed by atoms with van der Waals surface area (Å²) in [6.07, 6.45) is 0.718. The number of benzene rings is 4. The van der Waals surface area contributed by atoms with E-state index in [1.54, 1.807) is 24.3 Å². The topological polar surface area (TPSA) is 95.1 Å². The molecule has 1 unspecified atom stereocenters. The SMILES string of the molecule is CC(C)(C)CC(NC(=O)c1ccc(-c2cc(Cl)ccc2-c2nc3ccccc3[nH]2)c(C(=O)O)c1)c1ccccc1. The molecule has 4 aromatic carbocycles. The Kier molecular flexibility index (Phi) is 7.46. The molecule has 3 N–H and O–H groups in total. The van der Waals surface area contributed by atoms with Crippen LogP contribution in [0, 0.1) is 5.41 Å². The van der Waals surface area contributed by atoms with Crippen molar-refractivity contribution in [3.63, 3.8) is 0 Å². The number of amides is 1. The number of nitrogens with zero attached hydrogens (tertiary/aromatic N) is 1. The summed E-state index contributed by atoms with van der Waals surface area (Å²) in [7, 11) is 0. The van der Waals surface area contributed by atoms with E-state index < -0.39 is 5.97 Å². The van der Waals surface area contributed by atoms with Crippen LogP contribution >= 0.6 is 11.6 Å². The molecule has 0 spiro atoms. The summed E-state index contributed by atoms with van der Waals surface area (Å²) in [5, 5.41) is 13.8. The molecule has 1 atom stereocenters. The lowest BCUT2D eigenvalue weighted by atomic mass is 9.85. The number of carbonyl (C=O) groups is 2. The van der Waals surface area contributed by atoms with Gasteiger partial charge in [-0.05, 0) is 71.0 Å². The molecule has 1 amide bonds. The predicted molar refractivity (Wildman–Crippen MR) is 160 cm³/mol. The van der Waals surface area contributed by atoms with Crippen molar-refractivity contribution in [2.24, 2.45) is 5.41 Å². The molecule has 0 aliphatic rings. The fourth-order valence-electron chi connectivity index (χ4n) is 4.91. The molecular formula is C33H30ClN3O3. The Morgan fingerprint density at radius 1 is 0.900 bits per heavy atom. The monoisotopic (exact) mass is 551 g/mol. The summed E-state index contributed by atoms with van der Waals surface area (Å²) in [5.41, 5.74) is 4.64. The van der Waals surface area contributed by atoms with E-state index in [4.69, 9.17) is 16.6 Å². The van der Waals surface area contributed by atoms with E-state index in [0.29, 0.717) is 27.5 Å². The Morgan fingerprint density at radius 3 is 2.30 bits per heavy atom.